The zero-order valence-electron chi connectivity index (χ0n) is 16.1. The Morgan fingerprint density at radius 2 is 2.00 bits per heavy atom. The van der Waals surface area contributed by atoms with Crippen LogP contribution in [0.15, 0.2) is 12.4 Å². The highest BCUT2D eigenvalue weighted by Crippen LogP contribution is 2.28. The van der Waals surface area contributed by atoms with E-state index < -0.39 is 0 Å². The summed E-state index contributed by atoms with van der Waals surface area (Å²) in [6, 6.07) is 2.08. The van der Waals surface area contributed by atoms with E-state index >= 15 is 0 Å². The number of amides is 2. The molecular weight excluding hydrogens is 330 g/mol. The zero-order chi connectivity index (χ0) is 18.7. The van der Waals surface area contributed by atoms with Crippen molar-refractivity contribution in [2.75, 3.05) is 5.32 Å². The van der Waals surface area contributed by atoms with Crippen LogP contribution in [0, 0.1) is 0 Å². The minimum Gasteiger partial charge on any atom is -0.331 e. The first-order chi connectivity index (χ1) is 12.3. The lowest BCUT2D eigenvalue weighted by Gasteiger charge is -2.24. The first-order valence-corrected chi connectivity index (χ1v) is 9.32. The van der Waals surface area contributed by atoms with Crippen molar-refractivity contribution in [3.05, 3.63) is 23.9 Å². The minimum absolute atomic E-state index is 0.0649. The van der Waals surface area contributed by atoms with Gasteiger partial charge in [-0.1, -0.05) is 40.0 Å². The molecule has 0 atom stereocenters. The molecule has 2 aromatic heterocycles. The highest BCUT2D eigenvalue weighted by Gasteiger charge is 2.21. The SMILES string of the molecule is Cn1nc(C(C)(C)C)cc1NC(=O)NCc1nncn1C1CCCCC1. The summed E-state index contributed by atoms with van der Waals surface area (Å²) in [6.45, 7) is 6.64. The lowest BCUT2D eigenvalue weighted by molar-refractivity contribution is 0.250. The summed E-state index contributed by atoms with van der Waals surface area (Å²) in [5.74, 6) is 1.47. The Labute approximate surface area is 154 Å². The van der Waals surface area contributed by atoms with Gasteiger partial charge in [-0.2, -0.15) is 5.10 Å². The molecule has 8 nitrogen and oxygen atoms in total. The van der Waals surface area contributed by atoms with E-state index in [2.05, 4.69) is 51.3 Å². The van der Waals surface area contributed by atoms with Crippen LogP contribution in [0.3, 0.4) is 0 Å². The Balaban J connectivity index is 1.58. The van der Waals surface area contributed by atoms with Crippen LogP contribution < -0.4 is 10.6 Å². The van der Waals surface area contributed by atoms with Crippen molar-refractivity contribution >= 4 is 11.8 Å². The molecule has 3 rings (SSSR count). The fourth-order valence-electron chi connectivity index (χ4n) is 3.33. The molecule has 0 radical (unpaired) electrons. The Hall–Kier alpha value is -2.38. The van der Waals surface area contributed by atoms with Crippen molar-refractivity contribution in [1.82, 2.24) is 29.9 Å². The number of carbonyl (C=O) groups is 1. The topological polar surface area (TPSA) is 89.7 Å². The van der Waals surface area contributed by atoms with Crippen LogP contribution in [0.5, 0.6) is 0 Å². The zero-order valence-corrected chi connectivity index (χ0v) is 16.1. The van der Waals surface area contributed by atoms with Crippen molar-refractivity contribution in [2.45, 2.75) is 70.9 Å². The van der Waals surface area contributed by atoms with E-state index in [1.54, 1.807) is 11.0 Å². The fraction of sp³-hybridized carbons (Fsp3) is 0.667. The molecule has 0 unspecified atom stereocenters. The van der Waals surface area contributed by atoms with Gasteiger partial charge < -0.3 is 9.88 Å². The predicted molar refractivity (Wildman–Crippen MR) is 99.9 cm³/mol. The average Bonchev–Trinajstić information content (AvgIpc) is 3.20. The van der Waals surface area contributed by atoms with Gasteiger partial charge in [0.05, 0.1) is 12.2 Å². The molecule has 142 valence electrons. The first kappa shape index (κ1) is 18.4. The Morgan fingerprint density at radius 3 is 2.65 bits per heavy atom. The van der Waals surface area contributed by atoms with Gasteiger partial charge in [0.1, 0.15) is 12.1 Å². The molecular formula is C18H29N7O. The van der Waals surface area contributed by atoms with Crippen LogP contribution in [0.2, 0.25) is 0 Å². The maximum atomic E-state index is 12.3. The van der Waals surface area contributed by atoms with Gasteiger partial charge in [-0.05, 0) is 12.8 Å². The van der Waals surface area contributed by atoms with Crippen molar-refractivity contribution in [3.8, 4) is 0 Å². The molecule has 1 fully saturated rings. The second-order valence-electron chi connectivity index (χ2n) is 8.04. The summed E-state index contributed by atoms with van der Waals surface area (Å²) in [6.07, 6.45) is 7.88. The van der Waals surface area contributed by atoms with E-state index in [-0.39, 0.29) is 11.4 Å². The Morgan fingerprint density at radius 1 is 1.27 bits per heavy atom. The van der Waals surface area contributed by atoms with E-state index in [9.17, 15) is 4.79 Å². The molecule has 0 spiro atoms. The van der Waals surface area contributed by atoms with E-state index in [1.807, 2.05) is 13.1 Å². The molecule has 2 N–H and O–H groups in total. The number of rotatable bonds is 4. The maximum Gasteiger partial charge on any atom is 0.320 e. The molecule has 0 aromatic carbocycles. The van der Waals surface area contributed by atoms with Crippen LogP contribution in [-0.2, 0) is 19.0 Å². The number of urea groups is 1. The molecule has 0 saturated heterocycles. The predicted octanol–water partition coefficient (Wildman–Crippen LogP) is 3.14. The van der Waals surface area contributed by atoms with E-state index in [4.69, 9.17) is 0 Å². The number of aromatic nitrogens is 5. The molecule has 1 aliphatic carbocycles. The van der Waals surface area contributed by atoms with Crippen LogP contribution in [0.25, 0.3) is 0 Å². The van der Waals surface area contributed by atoms with Gasteiger partial charge in [0.15, 0.2) is 5.82 Å². The average molecular weight is 359 g/mol. The minimum atomic E-state index is -0.272. The Bertz CT molecular complexity index is 750. The van der Waals surface area contributed by atoms with Crippen LogP contribution >= 0.6 is 0 Å². The molecule has 8 heteroatoms. The molecule has 26 heavy (non-hydrogen) atoms. The van der Waals surface area contributed by atoms with Crippen molar-refractivity contribution in [2.24, 2.45) is 7.05 Å². The summed E-state index contributed by atoms with van der Waals surface area (Å²) in [5, 5.41) is 18.4. The van der Waals surface area contributed by atoms with Gasteiger partial charge in [-0.25, -0.2) is 4.79 Å². The highest BCUT2D eigenvalue weighted by atomic mass is 16.2. The molecule has 2 aromatic rings. The second kappa shape index (κ2) is 7.47. The quantitative estimate of drug-likeness (QED) is 0.877. The van der Waals surface area contributed by atoms with Crippen molar-refractivity contribution in [1.29, 1.82) is 0 Å². The van der Waals surface area contributed by atoms with E-state index in [0.717, 1.165) is 24.4 Å². The number of nitrogens with zero attached hydrogens (tertiary/aromatic N) is 5. The normalized spacial score (nSPS) is 15.8. The number of carbonyl (C=O) groups excluding carboxylic acids is 1. The lowest BCUT2D eigenvalue weighted by atomic mass is 9.92. The van der Waals surface area contributed by atoms with Gasteiger partial charge in [0.25, 0.3) is 0 Å². The van der Waals surface area contributed by atoms with Crippen molar-refractivity contribution < 1.29 is 4.79 Å². The smallest absolute Gasteiger partial charge is 0.320 e. The summed E-state index contributed by atoms with van der Waals surface area (Å²) >= 11 is 0. The monoisotopic (exact) mass is 359 g/mol. The Kier molecular flexibility index (Phi) is 5.29. The number of hydrogen-bond donors (Lipinski definition) is 2. The number of nitrogens with one attached hydrogen (secondary N) is 2. The number of anilines is 1. The maximum absolute atomic E-state index is 12.3. The molecule has 1 aliphatic rings. The van der Waals surface area contributed by atoms with Crippen LogP contribution in [-0.4, -0.2) is 30.6 Å². The van der Waals surface area contributed by atoms with Gasteiger partial charge in [-0.15, -0.1) is 10.2 Å². The highest BCUT2D eigenvalue weighted by molar-refractivity contribution is 5.88. The van der Waals surface area contributed by atoms with E-state index in [1.165, 1.54) is 19.3 Å². The molecule has 2 heterocycles. The van der Waals surface area contributed by atoms with Gasteiger partial charge in [-0.3, -0.25) is 10.00 Å². The van der Waals surface area contributed by atoms with E-state index in [0.29, 0.717) is 18.4 Å². The summed E-state index contributed by atoms with van der Waals surface area (Å²) in [4.78, 5) is 12.3. The first-order valence-electron chi connectivity index (χ1n) is 9.32. The molecule has 1 saturated carbocycles. The third kappa shape index (κ3) is 4.23. The fourth-order valence-corrected chi connectivity index (χ4v) is 3.33. The van der Waals surface area contributed by atoms with Gasteiger partial charge >= 0.3 is 6.03 Å². The van der Waals surface area contributed by atoms with Crippen LogP contribution in [0.1, 0.15) is 70.4 Å². The molecule has 0 bridgehead atoms. The van der Waals surface area contributed by atoms with Crippen LogP contribution in [0.4, 0.5) is 10.6 Å². The standard InChI is InChI=1S/C18H29N7O/c1-18(2,3)14-10-15(24(4)23-14)21-17(26)19-11-16-22-20-12-25(16)13-8-6-5-7-9-13/h10,12-13H,5-9,11H2,1-4H3,(H2,19,21,26). The van der Waals surface area contributed by atoms with Crippen molar-refractivity contribution in [3.63, 3.8) is 0 Å². The molecule has 2 amide bonds. The number of aryl methyl sites for hydroxylation is 1. The summed E-state index contributed by atoms with van der Waals surface area (Å²) in [7, 11) is 1.82. The lowest BCUT2D eigenvalue weighted by Crippen LogP contribution is -2.30. The summed E-state index contributed by atoms with van der Waals surface area (Å²) < 4.78 is 3.80. The second-order valence-corrected chi connectivity index (χ2v) is 8.04. The van der Waals surface area contributed by atoms with Gasteiger partial charge in [0.2, 0.25) is 0 Å². The summed E-state index contributed by atoms with van der Waals surface area (Å²) in [5.41, 5.74) is 0.872. The number of hydrogen-bond acceptors (Lipinski definition) is 4. The third-order valence-electron chi connectivity index (χ3n) is 4.91. The molecule has 0 aliphatic heterocycles. The van der Waals surface area contributed by atoms with Gasteiger partial charge in [0, 0.05) is 24.6 Å². The largest absolute Gasteiger partial charge is 0.331 e. The third-order valence-corrected chi connectivity index (χ3v) is 4.91.